The van der Waals surface area contributed by atoms with E-state index in [9.17, 15) is 36.9 Å². The second-order valence-electron chi connectivity index (χ2n) is 10.6. The van der Waals surface area contributed by atoms with Crippen molar-refractivity contribution in [3.8, 4) is 0 Å². The largest absolute Gasteiger partial charge is 0.367 e. The van der Waals surface area contributed by atoms with E-state index in [1.54, 1.807) is 23.1 Å². The molecule has 8 nitrogen and oxygen atoms in total. The summed E-state index contributed by atoms with van der Waals surface area (Å²) < 4.78 is 69.3. The van der Waals surface area contributed by atoms with E-state index in [1.165, 1.54) is 18.2 Å². The van der Waals surface area contributed by atoms with Crippen LogP contribution in [0.4, 0.5) is 50.4 Å². The third kappa shape index (κ3) is 6.03. The Labute approximate surface area is 248 Å². The second-order valence-corrected chi connectivity index (χ2v) is 11.1. The highest BCUT2D eigenvalue weighted by atomic mass is 35.5. The molecule has 0 radical (unpaired) electrons. The van der Waals surface area contributed by atoms with Crippen LogP contribution in [-0.2, 0) is 0 Å². The van der Waals surface area contributed by atoms with Gasteiger partial charge in [-0.05, 0) is 49.1 Å². The molecule has 3 aromatic carbocycles. The molecule has 14 heteroatoms. The van der Waals surface area contributed by atoms with E-state index in [-0.39, 0.29) is 42.5 Å². The Kier molecular flexibility index (Phi) is 8.63. The molecule has 0 spiro atoms. The molecule has 0 unspecified atom stereocenters. The molecule has 43 heavy (non-hydrogen) atoms. The number of carbonyl (C=O) groups is 1. The predicted octanol–water partition coefficient (Wildman–Crippen LogP) is 6.76. The van der Waals surface area contributed by atoms with Crippen LogP contribution >= 0.6 is 11.6 Å². The summed E-state index contributed by atoms with van der Waals surface area (Å²) in [6.07, 6.45) is 1.86. The van der Waals surface area contributed by atoms with E-state index in [1.807, 2.05) is 4.90 Å². The van der Waals surface area contributed by atoms with Crippen LogP contribution in [0.15, 0.2) is 36.4 Å². The molecular weight excluding hydrogens is 597 g/mol. The quantitative estimate of drug-likeness (QED) is 0.107. The molecule has 228 valence electrons. The van der Waals surface area contributed by atoms with Crippen molar-refractivity contribution in [1.29, 1.82) is 0 Å². The van der Waals surface area contributed by atoms with Crippen molar-refractivity contribution in [3.63, 3.8) is 0 Å². The topological polar surface area (TPSA) is 82.0 Å². The molecule has 0 saturated carbocycles. The Bertz CT molecular complexity index is 1550. The van der Waals surface area contributed by atoms with Crippen LogP contribution in [0.1, 0.15) is 30.1 Å². The lowest BCUT2D eigenvalue weighted by atomic mass is 9.98. The summed E-state index contributed by atoms with van der Waals surface area (Å²) >= 11 is 6.48. The van der Waals surface area contributed by atoms with Crippen molar-refractivity contribution >= 4 is 45.9 Å². The van der Waals surface area contributed by atoms with Crippen LogP contribution in [0.5, 0.6) is 0 Å². The molecule has 0 aliphatic carbocycles. The van der Waals surface area contributed by atoms with Crippen LogP contribution in [0, 0.1) is 45.1 Å². The van der Waals surface area contributed by atoms with Crippen molar-refractivity contribution in [2.24, 2.45) is 5.92 Å². The Hall–Kier alpha value is -4.13. The third-order valence-electron chi connectivity index (χ3n) is 7.89. The number of nitro benzene ring substituents is 1. The van der Waals surface area contributed by atoms with Crippen molar-refractivity contribution in [2.75, 3.05) is 59.3 Å². The minimum atomic E-state index is -2.21. The molecular formula is C29H27ClF5N5O3. The summed E-state index contributed by atoms with van der Waals surface area (Å²) in [4.78, 5) is 29.1. The molecule has 5 rings (SSSR count). The Morgan fingerprint density at radius 3 is 1.93 bits per heavy atom. The highest BCUT2D eigenvalue weighted by molar-refractivity contribution is 6.33. The number of hydrogen-bond donors (Lipinski definition) is 1. The van der Waals surface area contributed by atoms with Crippen LogP contribution < -0.4 is 20.0 Å². The smallest absolute Gasteiger partial charge is 0.293 e. The molecule has 2 fully saturated rings. The highest BCUT2D eigenvalue weighted by Crippen LogP contribution is 2.35. The maximum Gasteiger partial charge on any atom is 0.293 e. The van der Waals surface area contributed by atoms with Gasteiger partial charge >= 0.3 is 0 Å². The average Bonchev–Trinajstić information content (AvgIpc) is 3.00. The van der Waals surface area contributed by atoms with Gasteiger partial charge in [0.05, 0.1) is 15.6 Å². The first kappa shape index (κ1) is 30.3. The summed E-state index contributed by atoms with van der Waals surface area (Å²) in [6.45, 7) is 3.78. The van der Waals surface area contributed by atoms with Gasteiger partial charge in [-0.25, -0.2) is 22.0 Å². The van der Waals surface area contributed by atoms with Crippen molar-refractivity contribution in [1.82, 2.24) is 0 Å². The lowest BCUT2D eigenvalue weighted by molar-refractivity contribution is -0.384. The van der Waals surface area contributed by atoms with Gasteiger partial charge in [0.25, 0.3) is 11.6 Å². The zero-order valence-electron chi connectivity index (χ0n) is 23.0. The number of nitro groups is 1. The lowest BCUT2D eigenvalue weighted by Gasteiger charge is -2.38. The standard InChI is InChI=1S/C29H27ClF5N5O3/c1-16-6-8-37(9-7-16)21-4-2-17(14-22(21)40(42)43)29(41)36-18-3-5-20(19(30)15-18)38-10-12-39(13-11-38)28-26(34)24(32)23(31)25(33)27(28)35/h2-5,14-16H,6-13H2,1H3,(H,36,41). The number of halogens is 6. The normalized spacial score (nSPS) is 16.0. The van der Waals surface area contributed by atoms with Crippen molar-refractivity contribution < 1.29 is 31.7 Å². The maximum atomic E-state index is 14.3. The summed E-state index contributed by atoms with van der Waals surface area (Å²) in [5, 5.41) is 14.7. The number of piperazine rings is 1. The molecule has 3 aromatic rings. The van der Waals surface area contributed by atoms with Gasteiger partial charge in [0, 0.05) is 56.6 Å². The van der Waals surface area contributed by atoms with Crippen LogP contribution in [0.2, 0.25) is 5.02 Å². The Morgan fingerprint density at radius 1 is 0.814 bits per heavy atom. The van der Waals surface area contributed by atoms with Crippen LogP contribution in [0.3, 0.4) is 0 Å². The van der Waals surface area contributed by atoms with Gasteiger partial charge in [0.2, 0.25) is 5.82 Å². The first-order valence-electron chi connectivity index (χ1n) is 13.6. The van der Waals surface area contributed by atoms with Gasteiger partial charge in [-0.3, -0.25) is 14.9 Å². The maximum absolute atomic E-state index is 14.3. The van der Waals surface area contributed by atoms with Gasteiger partial charge < -0.3 is 20.0 Å². The van der Waals surface area contributed by atoms with E-state index < -0.39 is 45.6 Å². The average molecular weight is 624 g/mol. The summed E-state index contributed by atoms with van der Waals surface area (Å²) in [7, 11) is 0. The van der Waals surface area contributed by atoms with E-state index in [0.29, 0.717) is 36.1 Å². The number of amides is 1. The molecule has 2 saturated heterocycles. The summed E-state index contributed by atoms with van der Waals surface area (Å²) in [5.74, 6) is -10.00. The fourth-order valence-corrected chi connectivity index (χ4v) is 5.71. The number of rotatable bonds is 6. The molecule has 0 atom stereocenters. The lowest BCUT2D eigenvalue weighted by Crippen LogP contribution is -2.47. The fourth-order valence-electron chi connectivity index (χ4n) is 5.41. The second kappa shape index (κ2) is 12.2. The molecule has 2 heterocycles. The van der Waals surface area contributed by atoms with Crippen LogP contribution in [0.25, 0.3) is 0 Å². The first-order chi connectivity index (χ1) is 20.5. The molecule has 2 aliphatic rings. The Morgan fingerprint density at radius 2 is 1.35 bits per heavy atom. The van der Waals surface area contributed by atoms with Crippen LogP contribution in [-0.4, -0.2) is 50.1 Å². The summed E-state index contributed by atoms with van der Waals surface area (Å²) in [6, 6.07) is 9.06. The number of nitrogens with zero attached hydrogens (tertiary/aromatic N) is 4. The van der Waals surface area contributed by atoms with E-state index in [4.69, 9.17) is 11.6 Å². The van der Waals surface area contributed by atoms with Gasteiger partial charge in [0.15, 0.2) is 23.3 Å². The van der Waals surface area contributed by atoms with E-state index >= 15 is 0 Å². The number of carbonyl (C=O) groups excluding carboxylic acids is 1. The van der Waals surface area contributed by atoms with Crippen molar-refractivity contribution in [3.05, 3.63) is 86.2 Å². The SMILES string of the molecule is CC1CCN(c2ccc(C(=O)Nc3ccc(N4CCN(c5c(F)c(F)c(F)c(F)c5F)CC4)c(Cl)c3)cc2[N+](=O)[O-])CC1. The number of hydrogen-bond acceptors (Lipinski definition) is 6. The monoisotopic (exact) mass is 623 g/mol. The molecule has 0 bridgehead atoms. The number of nitrogens with one attached hydrogen (secondary N) is 1. The van der Waals surface area contributed by atoms with E-state index in [2.05, 4.69) is 12.2 Å². The first-order valence-corrected chi connectivity index (χ1v) is 14.0. The molecule has 2 aliphatic heterocycles. The zero-order valence-corrected chi connectivity index (χ0v) is 23.7. The third-order valence-corrected chi connectivity index (χ3v) is 8.19. The van der Waals surface area contributed by atoms with Crippen molar-refractivity contribution in [2.45, 2.75) is 19.8 Å². The van der Waals surface area contributed by atoms with Gasteiger partial charge in [-0.2, -0.15) is 0 Å². The minimum Gasteiger partial charge on any atom is -0.367 e. The van der Waals surface area contributed by atoms with Gasteiger partial charge in [-0.1, -0.05) is 18.5 Å². The predicted molar refractivity (Wildman–Crippen MR) is 154 cm³/mol. The molecule has 1 N–H and O–H groups in total. The summed E-state index contributed by atoms with van der Waals surface area (Å²) in [5.41, 5.74) is 0.314. The molecule has 0 aromatic heterocycles. The fraction of sp³-hybridized carbons (Fsp3) is 0.345. The van der Waals surface area contributed by atoms with Gasteiger partial charge in [0.1, 0.15) is 11.4 Å². The zero-order chi connectivity index (χ0) is 31.0. The number of piperidine rings is 1. The number of benzene rings is 3. The minimum absolute atomic E-state index is 0.0433. The number of anilines is 4. The van der Waals surface area contributed by atoms with Gasteiger partial charge in [-0.15, -0.1) is 0 Å². The molecule has 1 amide bonds. The Balaban J connectivity index is 1.26. The van der Waals surface area contributed by atoms with E-state index in [0.717, 1.165) is 17.7 Å². The highest BCUT2D eigenvalue weighted by Gasteiger charge is 2.31.